The molecule has 1 aromatic rings. The SMILES string of the molecule is CCCCC(C)(CC)NC(=O)C1C(C(=O)O)C(C(=O)O)C1C(=O)Nc1ccc(C(C)(C)CCC)cc1C. The molecule has 0 saturated heterocycles. The standard InChI is InChI=1S/C29H44N2O6/c1-8-11-15-29(7,10-3)31-25(33)21-20(22(26(34)35)23(21)27(36)37)24(32)30-19-13-12-18(16-17(19)4)28(5,6)14-9-2/h12-13,16,20-23H,8-11,14-15H2,1-7H3,(H,30,32)(H,31,33)(H,34,35)(H,36,37). The number of hydrogen-bond acceptors (Lipinski definition) is 4. The minimum Gasteiger partial charge on any atom is -0.481 e. The van der Waals surface area contributed by atoms with E-state index in [-0.39, 0.29) is 5.41 Å². The number of aryl methyl sites for hydroxylation is 1. The molecule has 4 N–H and O–H groups in total. The molecule has 37 heavy (non-hydrogen) atoms. The van der Waals surface area contributed by atoms with Crippen molar-refractivity contribution in [1.82, 2.24) is 5.32 Å². The zero-order valence-corrected chi connectivity index (χ0v) is 23.3. The van der Waals surface area contributed by atoms with Crippen molar-refractivity contribution in [3.8, 4) is 0 Å². The van der Waals surface area contributed by atoms with Gasteiger partial charge in [0.15, 0.2) is 0 Å². The van der Waals surface area contributed by atoms with E-state index >= 15 is 0 Å². The summed E-state index contributed by atoms with van der Waals surface area (Å²) in [5.74, 6) is -9.54. The molecule has 5 unspecified atom stereocenters. The molecule has 1 aromatic carbocycles. The molecule has 206 valence electrons. The zero-order chi connectivity index (χ0) is 28.1. The third-order valence-corrected chi connectivity index (χ3v) is 8.15. The van der Waals surface area contributed by atoms with E-state index < -0.39 is 53.0 Å². The van der Waals surface area contributed by atoms with E-state index in [1.54, 1.807) is 6.07 Å². The van der Waals surface area contributed by atoms with Crippen LogP contribution in [-0.4, -0.2) is 39.5 Å². The topological polar surface area (TPSA) is 133 Å². The van der Waals surface area contributed by atoms with Gasteiger partial charge in [0.05, 0.1) is 23.7 Å². The van der Waals surface area contributed by atoms with Crippen LogP contribution in [0.25, 0.3) is 0 Å². The molecule has 0 spiro atoms. The lowest BCUT2D eigenvalue weighted by Gasteiger charge is -2.46. The predicted molar refractivity (Wildman–Crippen MR) is 143 cm³/mol. The van der Waals surface area contributed by atoms with Gasteiger partial charge in [0.1, 0.15) is 0 Å². The lowest BCUT2D eigenvalue weighted by atomic mass is 9.55. The Bertz CT molecular complexity index is 1020. The van der Waals surface area contributed by atoms with Crippen LogP contribution in [0, 0.1) is 30.6 Å². The first kappa shape index (κ1) is 30.3. The number of carboxylic acids is 2. The number of anilines is 1. The number of rotatable bonds is 13. The summed E-state index contributed by atoms with van der Waals surface area (Å²) in [6.07, 6.45) is 5.18. The van der Waals surface area contributed by atoms with Crippen LogP contribution in [0.4, 0.5) is 5.69 Å². The highest BCUT2D eigenvalue weighted by Crippen LogP contribution is 2.48. The molecule has 0 aromatic heterocycles. The van der Waals surface area contributed by atoms with E-state index in [9.17, 15) is 29.4 Å². The molecule has 0 aliphatic heterocycles. The van der Waals surface area contributed by atoms with Crippen molar-refractivity contribution in [3.05, 3.63) is 29.3 Å². The van der Waals surface area contributed by atoms with Crippen LogP contribution < -0.4 is 10.6 Å². The van der Waals surface area contributed by atoms with Crippen LogP contribution in [0.1, 0.15) is 91.2 Å². The Kier molecular flexibility index (Phi) is 9.91. The normalized spacial score (nSPS) is 22.9. The average molecular weight is 517 g/mol. The number of hydrogen-bond donors (Lipinski definition) is 4. The lowest BCUT2D eigenvalue weighted by molar-refractivity contribution is -0.180. The molecule has 1 fully saturated rings. The van der Waals surface area contributed by atoms with Gasteiger partial charge in [0.25, 0.3) is 0 Å². The minimum atomic E-state index is -1.49. The van der Waals surface area contributed by atoms with E-state index in [4.69, 9.17) is 0 Å². The Balaban J connectivity index is 2.34. The van der Waals surface area contributed by atoms with Crippen molar-refractivity contribution in [2.24, 2.45) is 23.7 Å². The van der Waals surface area contributed by atoms with Gasteiger partial charge in [0, 0.05) is 11.2 Å². The molecule has 0 radical (unpaired) electrons. The fraction of sp³-hybridized carbons (Fsp3) is 0.655. The summed E-state index contributed by atoms with van der Waals surface area (Å²) < 4.78 is 0. The molecular formula is C29H44N2O6. The smallest absolute Gasteiger partial charge is 0.308 e. The average Bonchev–Trinajstić information content (AvgIpc) is 2.77. The third-order valence-electron chi connectivity index (χ3n) is 8.15. The quantitative estimate of drug-likeness (QED) is 0.287. The second kappa shape index (κ2) is 12.1. The number of carbonyl (C=O) groups is 4. The number of amides is 2. The summed E-state index contributed by atoms with van der Waals surface area (Å²) in [5.41, 5.74) is 1.86. The van der Waals surface area contributed by atoms with Crippen molar-refractivity contribution in [2.75, 3.05) is 5.32 Å². The maximum atomic E-state index is 13.4. The number of nitrogens with one attached hydrogen (secondary N) is 2. The molecule has 8 heteroatoms. The second-order valence-corrected chi connectivity index (χ2v) is 11.4. The first-order valence-electron chi connectivity index (χ1n) is 13.4. The Labute approximate surface area is 220 Å². The molecule has 1 aliphatic carbocycles. The van der Waals surface area contributed by atoms with Gasteiger partial charge in [-0.25, -0.2) is 0 Å². The Morgan fingerprint density at radius 3 is 1.86 bits per heavy atom. The van der Waals surface area contributed by atoms with Crippen molar-refractivity contribution in [3.63, 3.8) is 0 Å². The summed E-state index contributed by atoms with van der Waals surface area (Å²) in [7, 11) is 0. The largest absolute Gasteiger partial charge is 0.481 e. The monoisotopic (exact) mass is 516 g/mol. The molecule has 1 saturated carbocycles. The molecule has 2 rings (SSSR count). The van der Waals surface area contributed by atoms with Crippen LogP contribution in [-0.2, 0) is 24.6 Å². The third kappa shape index (κ3) is 6.70. The van der Waals surface area contributed by atoms with Crippen LogP contribution in [0.15, 0.2) is 18.2 Å². The fourth-order valence-corrected chi connectivity index (χ4v) is 5.50. The Morgan fingerprint density at radius 1 is 0.838 bits per heavy atom. The van der Waals surface area contributed by atoms with Crippen LogP contribution in [0.2, 0.25) is 0 Å². The first-order chi connectivity index (χ1) is 17.2. The van der Waals surface area contributed by atoms with Crippen molar-refractivity contribution < 1.29 is 29.4 Å². The highest BCUT2D eigenvalue weighted by atomic mass is 16.4. The van der Waals surface area contributed by atoms with Gasteiger partial charge in [-0.3, -0.25) is 19.2 Å². The lowest BCUT2D eigenvalue weighted by Crippen LogP contribution is -2.64. The van der Waals surface area contributed by atoms with Gasteiger partial charge in [-0.15, -0.1) is 0 Å². The molecule has 2 amide bonds. The van der Waals surface area contributed by atoms with Crippen LogP contribution in [0.5, 0.6) is 0 Å². The van der Waals surface area contributed by atoms with E-state index in [2.05, 4.69) is 31.4 Å². The van der Waals surface area contributed by atoms with Gasteiger partial charge in [-0.05, 0) is 55.7 Å². The number of unbranched alkanes of at least 4 members (excludes halogenated alkanes) is 1. The molecular weight excluding hydrogens is 472 g/mol. The van der Waals surface area contributed by atoms with Crippen molar-refractivity contribution in [1.29, 1.82) is 0 Å². The van der Waals surface area contributed by atoms with E-state index in [1.807, 2.05) is 39.8 Å². The highest BCUT2D eigenvalue weighted by Gasteiger charge is 2.64. The fourth-order valence-electron chi connectivity index (χ4n) is 5.50. The number of carboxylic acid groups (broad SMARTS) is 2. The predicted octanol–water partition coefficient (Wildman–Crippen LogP) is 5.13. The maximum Gasteiger partial charge on any atom is 0.308 e. The highest BCUT2D eigenvalue weighted by molar-refractivity contribution is 6.04. The van der Waals surface area contributed by atoms with Crippen LogP contribution >= 0.6 is 0 Å². The van der Waals surface area contributed by atoms with Gasteiger partial charge in [-0.1, -0.05) is 66.0 Å². The summed E-state index contributed by atoms with van der Waals surface area (Å²) in [4.78, 5) is 50.8. The van der Waals surface area contributed by atoms with Gasteiger partial charge >= 0.3 is 11.9 Å². The number of aliphatic carboxylic acids is 2. The molecule has 8 nitrogen and oxygen atoms in total. The van der Waals surface area contributed by atoms with E-state index in [1.165, 1.54) is 0 Å². The Morgan fingerprint density at radius 2 is 1.41 bits per heavy atom. The first-order valence-corrected chi connectivity index (χ1v) is 13.4. The van der Waals surface area contributed by atoms with Crippen LogP contribution in [0.3, 0.4) is 0 Å². The van der Waals surface area contributed by atoms with Gasteiger partial charge in [-0.2, -0.15) is 0 Å². The van der Waals surface area contributed by atoms with Crippen molar-refractivity contribution in [2.45, 2.75) is 97.9 Å². The molecule has 5 atom stereocenters. The molecule has 0 bridgehead atoms. The summed E-state index contributed by atoms with van der Waals surface area (Å²) in [6.45, 7) is 14.2. The van der Waals surface area contributed by atoms with Gasteiger partial charge < -0.3 is 20.8 Å². The summed E-state index contributed by atoms with van der Waals surface area (Å²) >= 11 is 0. The molecule has 0 heterocycles. The van der Waals surface area contributed by atoms with Crippen molar-refractivity contribution >= 4 is 29.4 Å². The number of benzene rings is 1. The van der Waals surface area contributed by atoms with E-state index in [0.29, 0.717) is 18.5 Å². The summed E-state index contributed by atoms with van der Waals surface area (Å²) in [5, 5.41) is 25.3. The maximum absolute atomic E-state index is 13.4. The summed E-state index contributed by atoms with van der Waals surface area (Å²) in [6, 6.07) is 5.74. The molecule has 1 aliphatic rings. The zero-order valence-electron chi connectivity index (χ0n) is 23.3. The Hall–Kier alpha value is -2.90. The number of carbonyl (C=O) groups excluding carboxylic acids is 2. The minimum absolute atomic E-state index is 0.0357. The second-order valence-electron chi connectivity index (χ2n) is 11.4. The van der Waals surface area contributed by atoms with Gasteiger partial charge in [0.2, 0.25) is 11.8 Å². The van der Waals surface area contributed by atoms with E-state index in [0.717, 1.165) is 36.8 Å².